The van der Waals surface area contributed by atoms with Crippen molar-refractivity contribution < 1.29 is 14.4 Å². The van der Waals surface area contributed by atoms with Crippen molar-refractivity contribution in [2.45, 2.75) is 25.7 Å². The zero-order valence-corrected chi connectivity index (χ0v) is 7.23. The Morgan fingerprint density at radius 2 is 2.54 bits per heavy atom. The first-order valence-corrected chi connectivity index (χ1v) is 4.27. The van der Waals surface area contributed by atoms with Gasteiger partial charge in [0.15, 0.2) is 5.82 Å². The zero-order valence-electron chi connectivity index (χ0n) is 7.23. The number of hydrogen-bond acceptors (Lipinski definition) is 4. The molecule has 1 aromatic rings. The van der Waals surface area contributed by atoms with Crippen LogP contribution in [0.15, 0.2) is 4.52 Å². The Morgan fingerprint density at radius 3 is 3.00 bits per heavy atom. The lowest BCUT2D eigenvalue weighted by molar-refractivity contribution is -0.138. The summed E-state index contributed by atoms with van der Waals surface area (Å²) < 4.78 is 4.94. The van der Waals surface area contributed by atoms with Crippen LogP contribution < -0.4 is 0 Å². The Bertz CT molecular complexity index is 334. The molecule has 0 aliphatic heterocycles. The van der Waals surface area contributed by atoms with Gasteiger partial charge in [-0.3, -0.25) is 4.79 Å². The van der Waals surface area contributed by atoms with Gasteiger partial charge in [0, 0.05) is 6.42 Å². The van der Waals surface area contributed by atoms with E-state index in [2.05, 4.69) is 10.1 Å². The van der Waals surface area contributed by atoms with Crippen LogP contribution in [0.25, 0.3) is 0 Å². The molecule has 2 atom stereocenters. The molecule has 1 aliphatic carbocycles. The predicted octanol–water partition coefficient (Wildman–Crippen LogP) is 0.820. The number of rotatable bonds is 3. The molecule has 70 valence electrons. The van der Waals surface area contributed by atoms with Crippen molar-refractivity contribution >= 4 is 5.97 Å². The van der Waals surface area contributed by atoms with E-state index in [1.165, 1.54) is 0 Å². The molecular weight excluding hydrogens is 172 g/mol. The van der Waals surface area contributed by atoms with Crippen molar-refractivity contribution in [3.63, 3.8) is 0 Å². The molecular formula is C8H10N2O3. The first-order chi connectivity index (χ1) is 6.22. The average Bonchev–Trinajstić information content (AvgIpc) is 2.78. The topological polar surface area (TPSA) is 76.2 Å². The minimum absolute atomic E-state index is 0.0506. The summed E-state index contributed by atoms with van der Waals surface area (Å²) in [6.45, 7) is 1.93. The molecule has 2 unspecified atom stereocenters. The lowest BCUT2D eigenvalue weighted by Gasteiger charge is -1.86. The number of carboxylic acids is 1. The number of carboxylic acid groups (broad SMARTS) is 1. The van der Waals surface area contributed by atoms with Crippen LogP contribution in [0.3, 0.4) is 0 Å². The third kappa shape index (κ3) is 1.41. The fraction of sp³-hybridized carbons (Fsp3) is 0.625. The third-order valence-electron chi connectivity index (χ3n) is 2.22. The molecule has 2 rings (SSSR count). The number of hydrogen-bond donors (Lipinski definition) is 1. The van der Waals surface area contributed by atoms with Gasteiger partial charge in [0.2, 0.25) is 5.89 Å². The van der Waals surface area contributed by atoms with E-state index < -0.39 is 5.97 Å². The lowest BCUT2D eigenvalue weighted by Crippen LogP contribution is -1.99. The summed E-state index contributed by atoms with van der Waals surface area (Å²) in [5.41, 5.74) is 0. The number of nitrogens with zero attached hydrogens (tertiary/aromatic N) is 2. The second-order valence-electron chi connectivity index (χ2n) is 3.19. The highest BCUT2D eigenvalue weighted by atomic mass is 16.5. The molecule has 0 aromatic carbocycles. The summed E-state index contributed by atoms with van der Waals surface area (Å²) in [5.74, 6) is -0.0213. The Labute approximate surface area is 74.8 Å². The molecule has 1 aromatic heterocycles. The molecule has 1 N–H and O–H groups in total. The molecule has 0 radical (unpaired) electrons. The van der Waals surface area contributed by atoms with Crippen LogP contribution in [0.5, 0.6) is 0 Å². The second-order valence-corrected chi connectivity index (χ2v) is 3.19. The maximum atomic E-state index is 10.5. The summed E-state index contributed by atoms with van der Waals surface area (Å²) in [7, 11) is 0. The van der Waals surface area contributed by atoms with Crippen LogP contribution in [0.2, 0.25) is 0 Å². The van der Waals surface area contributed by atoms with E-state index in [0.29, 0.717) is 24.6 Å². The van der Waals surface area contributed by atoms with Gasteiger partial charge in [-0.15, -0.1) is 0 Å². The minimum atomic E-state index is -0.777. The highest BCUT2D eigenvalue weighted by molar-refractivity contribution is 5.74. The largest absolute Gasteiger partial charge is 0.481 e. The predicted molar refractivity (Wildman–Crippen MR) is 42.2 cm³/mol. The van der Waals surface area contributed by atoms with E-state index in [9.17, 15) is 4.79 Å². The van der Waals surface area contributed by atoms with E-state index in [1.54, 1.807) is 0 Å². The second kappa shape index (κ2) is 2.83. The molecule has 5 nitrogen and oxygen atoms in total. The van der Waals surface area contributed by atoms with Crippen molar-refractivity contribution in [3.8, 4) is 0 Å². The first kappa shape index (κ1) is 8.22. The smallest absolute Gasteiger partial charge is 0.307 e. The number of carbonyl (C=O) groups is 1. The van der Waals surface area contributed by atoms with Crippen LogP contribution in [0, 0.1) is 5.92 Å². The van der Waals surface area contributed by atoms with Gasteiger partial charge in [-0.2, -0.15) is 4.98 Å². The Morgan fingerprint density at radius 1 is 1.77 bits per heavy atom. The van der Waals surface area contributed by atoms with Gasteiger partial charge in [0.05, 0.1) is 11.8 Å². The summed E-state index contributed by atoms with van der Waals surface area (Å²) in [5, 5.41) is 12.4. The van der Waals surface area contributed by atoms with Crippen LogP contribution in [-0.2, 0) is 11.2 Å². The van der Waals surface area contributed by atoms with Crippen molar-refractivity contribution in [2.75, 3.05) is 0 Å². The van der Waals surface area contributed by atoms with Crippen LogP contribution >= 0.6 is 0 Å². The fourth-order valence-electron chi connectivity index (χ4n) is 1.30. The highest BCUT2D eigenvalue weighted by Gasteiger charge is 2.48. The van der Waals surface area contributed by atoms with Crippen LogP contribution in [0.1, 0.15) is 31.0 Å². The van der Waals surface area contributed by atoms with Crippen molar-refractivity contribution in [2.24, 2.45) is 5.92 Å². The van der Waals surface area contributed by atoms with Crippen LogP contribution in [0.4, 0.5) is 0 Å². The molecule has 0 bridgehead atoms. The van der Waals surface area contributed by atoms with Gasteiger partial charge < -0.3 is 9.63 Å². The lowest BCUT2D eigenvalue weighted by atomic mass is 10.3. The highest BCUT2D eigenvalue weighted by Crippen LogP contribution is 2.46. The summed E-state index contributed by atoms with van der Waals surface area (Å²) in [6.07, 6.45) is 1.34. The van der Waals surface area contributed by atoms with E-state index in [1.807, 2.05) is 6.92 Å². The Hall–Kier alpha value is -1.39. The molecule has 1 aliphatic rings. The van der Waals surface area contributed by atoms with Crippen molar-refractivity contribution in [1.82, 2.24) is 10.1 Å². The van der Waals surface area contributed by atoms with Gasteiger partial charge in [-0.1, -0.05) is 12.1 Å². The Kier molecular flexibility index (Phi) is 1.79. The molecule has 1 fully saturated rings. The molecule has 0 amide bonds. The van der Waals surface area contributed by atoms with Gasteiger partial charge in [0.25, 0.3) is 0 Å². The number of aromatic nitrogens is 2. The van der Waals surface area contributed by atoms with E-state index >= 15 is 0 Å². The number of aliphatic carboxylic acids is 1. The minimum Gasteiger partial charge on any atom is -0.481 e. The monoisotopic (exact) mass is 182 g/mol. The molecule has 0 spiro atoms. The van der Waals surface area contributed by atoms with Gasteiger partial charge in [0.1, 0.15) is 0 Å². The summed E-state index contributed by atoms with van der Waals surface area (Å²) in [4.78, 5) is 14.6. The summed E-state index contributed by atoms with van der Waals surface area (Å²) >= 11 is 0. The molecule has 0 saturated heterocycles. The average molecular weight is 182 g/mol. The van der Waals surface area contributed by atoms with Crippen molar-refractivity contribution in [3.05, 3.63) is 11.7 Å². The molecule has 1 heterocycles. The van der Waals surface area contributed by atoms with E-state index in [0.717, 1.165) is 0 Å². The molecule has 5 heteroatoms. The summed E-state index contributed by atoms with van der Waals surface area (Å²) in [6, 6.07) is 0. The van der Waals surface area contributed by atoms with Gasteiger partial charge in [-0.05, 0) is 6.42 Å². The van der Waals surface area contributed by atoms with Crippen molar-refractivity contribution in [1.29, 1.82) is 0 Å². The molecule has 1 saturated carbocycles. The first-order valence-electron chi connectivity index (χ1n) is 4.27. The maximum Gasteiger partial charge on any atom is 0.307 e. The van der Waals surface area contributed by atoms with E-state index in [4.69, 9.17) is 9.63 Å². The SMILES string of the molecule is CCc1noc(C2CC2C(=O)O)n1. The zero-order chi connectivity index (χ0) is 9.42. The normalized spacial score (nSPS) is 25.9. The quantitative estimate of drug-likeness (QED) is 0.748. The standard InChI is InChI=1S/C8H10N2O3/c1-2-6-9-7(13-10-6)4-3-5(4)8(11)12/h4-5H,2-3H2,1H3,(H,11,12). The third-order valence-corrected chi connectivity index (χ3v) is 2.22. The van der Waals surface area contributed by atoms with Crippen LogP contribution in [-0.4, -0.2) is 21.2 Å². The van der Waals surface area contributed by atoms with E-state index in [-0.39, 0.29) is 11.8 Å². The number of aryl methyl sites for hydroxylation is 1. The van der Waals surface area contributed by atoms with Gasteiger partial charge in [-0.25, -0.2) is 0 Å². The fourth-order valence-corrected chi connectivity index (χ4v) is 1.30. The molecule has 13 heavy (non-hydrogen) atoms. The maximum absolute atomic E-state index is 10.5. The van der Waals surface area contributed by atoms with Gasteiger partial charge >= 0.3 is 5.97 Å². The Balaban J connectivity index is 2.07.